The van der Waals surface area contributed by atoms with Gasteiger partial charge in [0.15, 0.2) is 0 Å². The number of para-hydroxylation sites is 1. The molecule has 0 spiro atoms. The van der Waals surface area contributed by atoms with Gasteiger partial charge in [-0.1, -0.05) is 17.3 Å². The van der Waals surface area contributed by atoms with Crippen LogP contribution >= 0.6 is 11.8 Å². The molecule has 0 atom stereocenters. The van der Waals surface area contributed by atoms with Crippen molar-refractivity contribution < 1.29 is 5.11 Å². The molecular weight excluding hydrogens is 258 g/mol. The molecule has 0 aliphatic heterocycles. The topological polar surface area (TPSA) is 50.9 Å². The van der Waals surface area contributed by atoms with Gasteiger partial charge in [0.05, 0.1) is 16.1 Å². The van der Waals surface area contributed by atoms with E-state index in [-0.39, 0.29) is 0 Å². The second-order valence-electron chi connectivity index (χ2n) is 4.30. The van der Waals surface area contributed by atoms with E-state index in [9.17, 15) is 5.11 Å². The maximum absolute atomic E-state index is 9.97. The molecule has 5 heteroatoms. The van der Waals surface area contributed by atoms with E-state index in [0.717, 1.165) is 27.2 Å². The molecule has 3 rings (SSSR count). The maximum Gasteiger partial charge on any atom is 0.132 e. The van der Waals surface area contributed by atoms with Crippen LogP contribution < -0.4 is 0 Å². The Morgan fingerprint density at radius 3 is 2.79 bits per heavy atom. The summed E-state index contributed by atoms with van der Waals surface area (Å²) in [5.74, 6) is 0.334. The largest absolute Gasteiger partial charge is 0.507 e. The van der Waals surface area contributed by atoms with Crippen LogP contribution in [0.15, 0.2) is 41.3 Å². The van der Waals surface area contributed by atoms with Crippen molar-refractivity contribution in [1.29, 1.82) is 0 Å². The minimum absolute atomic E-state index is 0.334. The molecular formula is C14H13N3OS. The predicted octanol–water partition coefficient (Wildman–Crippen LogP) is 3.16. The van der Waals surface area contributed by atoms with E-state index >= 15 is 0 Å². The van der Waals surface area contributed by atoms with Crippen LogP contribution in [-0.2, 0) is 0 Å². The monoisotopic (exact) mass is 271 g/mol. The number of nitrogens with zero attached hydrogens (tertiary/aromatic N) is 3. The third-order valence-electron chi connectivity index (χ3n) is 3.07. The van der Waals surface area contributed by atoms with E-state index in [0.29, 0.717) is 5.75 Å². The van der Waals surface area contributed by atoms with Crippen LogP contribution in [0, 0.1) is 6.92 Å². The normalized spacial score (nSPS) is 11.1. The summed E-state index contributed by atoms with van der Waals surface area (Å²) in [6.45, 7) is 1.89. The lowest BCUT2D eigenvalue weighted by Crippen LogP contribution is -1.98. The summed E-state index contributed by atoms with van der Waals surface area (Å²) in [6, 6.07) is 11.7. The molecule has 1 N–H and O–H groups in total. The van der Waals surface area contributed by atoms with Gasteiger partial charge in [-0.2, -0.15) is 0 Å². The minimum atomic E-state index is 0.334. The van der Waals surface area contributed by atoms with Gasteiger partial charge >= 0.3 is 0 Å². The molecule has 96 valence electrons. The Morgan fingerprint density at radius 1 is 1.21 bits per heavy atom. The molecule has 1 aromatic heterocycles. The number of benzene rings is 2. The van der Waals surface area contributed by atoms with Gasteiger partial charge in [-0.15, -0.1) is 16.9 Å². The molecule has 0 fully saturated rings. The number of rotatable bonds is 2. The molecule has 19 heavy (non-hydrogen) atoms. The van der Waals surface area contributed by atoms with Crippen molar-refractivity contribution in [1.82, 2.24) is 15.0 Å². The van der Waals surface area contributed by atoms with E-state index in [2.05, 4.69) is 10.3 Å². The Bertz CT molecular complexity index is 752. The van der Waals surface area contributed by atoms with Crippen molar-refractivity contribution in [2.45, 2.75) is 11.8 Å². The molecule has 0 bridgehead atoms. The van der Waals surface area contributed by atoms with Gasteiger partial charge < -0.3 is 5.11 Å². The highest BCUT2D eigenvalue weighted by atomic mass is 32.2. The average molecular weight is 271 g/mol. The second-order valence-corrected chi connectivity index (χ2v) is 5.15. The molecule has 3 aromatic rings. The van der Waals surface area contributed by atoms with Crippen LogP contribution in [-0.4, -0.2) is 26.4 Å². The first-order valence-corrected chi connectivity index (χ1v) is 7.11. The number of phenols is 1. The van der Waals surface area contributed by atoms with E-state index in [1.165, 1.54) is 11.8 Å². The summed E-state index contributed by atoms with van der Waals surface area (Å²) < 4.78 is 1.79. The highest BCUT2D eigenvalue weighted by Gasteiger charge is 2.10. The lowest BCUT2D eigenvalue weighted by molar-refractivity contribution is 0.458. The lowest BCUT2D eigenvalue weighted by Gasteiger charge is -2.09. The predicted molar refractivity (Wildman–Crippen MR) is 77.0 cm³/mol. The fraction of sp³-hybridized carbons (Fsp3) is 0.143. The molecule has 4 nitrogen and oxygen atoms in total. The zero-order chi connectivity index (χ0) is 13.4. The van der Waals surface area contributed by atoms with Crippen molar-refractivity contribution in [2.24, 2.45) is 0 Å². The van der Waals surface area contributed by atoms with Gasteiger partial charge in [0.1, 0.15) is 11.3 Å². The van der Waals surface area contributed by atoms with E-state index in [4.69, 9.17) is 0 Å². The van der Waals surface area contributed by atoms with Crippen molar-refractivity contribution in [3.05, 3.63) is 42.0 Å². The Balaban J connectivity index is 2.24. The van der Waals surface area contributed by atoms with Crippen LogP contribution in [0.2, 0.25) is 0 Å². The van der Waals surface area contributed by atoms with Crippen LogP contribution in [0.3, 0.4) is 0 Å². The van der Waals surface area contributed by atoms with Crippen molar-refractivity contribution in [2.75, 3.05) is 6.26 Å². The molecule has 0 amide bonds. The minimum Gasteiger partial charge on any atom is -0.507 e. The van der Waals surface area contributed by atoms with Gasteiger partial charge in [0.25, 0.3) is 0 Å². The maximum atomic E-state index is 9.97. The van der Waals surface area contributed by atoms with Crippen LogP contribution in [0.4, 0.5) is 0 Å². The first-order chi connectivity index (χ1) is 9.20. The number of phenolic OH excluding ortho intramolecular Hbond substituents is 1. The average Bonchev–Trinajstić information content (AvgIpc) is 2.85. The first-order valence-electron chi connectivity index (χ1n) is 5.89. The van der Waals surface area contributed by atoms with Crippen LogP contribution in [0.5, 0.6) is 5.75 Å². The summed E-state index contributed by atoms with van der Waals surface area (Å²) in [5.41, 5.74) is 3.56. The van der Waals surface area contributed by atoms with Gasteiger partial charge in [-0.25, -0.2) is 4.68 Å². The summed E-state index contributed by atoms with van der Waals surface area (Å²) in [6.07, 6.45) is 1.94. The van der Waals surface area contributed by atoms with Crippen molar-refractivity contribution >= 4 is 22.8 Å². The van der Waals surface area contributed by atoms with E-state index in [1.54, 1.807) is 4.68 Å². The molecule has 0 saturated heterocycles. The quantitative estimate of drug-likeness (QED) is 0.727. The number of aromatic hydroxyl groups is 1. The summed E-state index contributed by atoms with van der Waals surface area (Å²) in [4.78, 5) is 0.842. The van der Waals surface area contributed by atoms with Gasteiger partial charge in [0.2, 0.25) is 0 Å². The third kappa shape index (κ3) is 1.96. The highest BCUT2D eigenvalue weighted by Crippen LogP contribution is 2.32. The van der Waals surface area contributed by atoms with Gasteiger partial charge in [-0.05, 0) is 43.0 Å². The Hall–Kier alpha value is -2.01. The van der Waals surface area contributed by atoms with E-state index < -0.39 is 0 Å². The number of hydrogen-bond donors (Lipinski definition) is 1. The SMILES string of the molecule is CSc1cc(-n2nnc3ccccc32)cc(C)c1O. The number of aryl methyl sites for hydroxylation is 1. The molecule has 0 unspecified atom stereocenters. The van der Waals surface area contributed by atoms with Crippen LogP contribution in [0.1, 0.15) is 5.56 Å². The lowest BCUT2D eigenvalue weighted by atomic mass is 10.2. The van der Waals surface area contributed by atoms with Crippen molar-refractivity contribution in [3.63, 3.8) is 0 Å². The molecule has 0 aliphatic carbocycles. The Kier molecular flexibility index (Phi) is 2.91. The zero-order valence-corrected chi connectivity index (χ0v) is 11.5. The fourth-order valence-corrected chi connectivity index (χ4v) is 2.66. The Labute approximate surface area is 115 Å². The fourth-order valence-electron chi connectivity index (χ4n) is 2.07. The summed E-state index contributed by atoms with van der Waals surface area (Å²) in [5, 5.41) is 18.3. The zero-order valence-electron chi connectivity index (χ0n) is 10.7. The molecule has 2 aromatic carbocycles. The third-order valence-corrected chi connectivity index (χ3v) is 3.82. The number of thioether (sulfide) groups is 1. The van der Waals surface area contributed by atoms with Crippen LogP contribution in [0.25, 0.3) is 16.7 Å². The number of fused-ring (bicyclic) bond motifs is 1. The Morgan fingerprint density at radius 2 is 2.00 bits per heavy atom. The second kappa shape index (κ2) is 4.59. The molecule has 0 aliphatic rings. The molecule has 0 radical (unpaired) electrons. The highest BCUT2D eigenvalue weighted by molar-refractivity contribution is 7.98. The smallest absolute Gasteiger partial charge is 0.132 e. The summed E-state index contributed by atoms with van der Waals surface area (Å²) in [7, 11) is 0. The molecule has 0 saturated carbocycles. The van der Waals surface area contributed by atoms with Gasteiger partial charge in [-0.3, -0.25) is 0 Å². The van der Waals surface area contributed by atoms with E-state index in [1.807, 2.05) is 49.6 Å². The number of hydrogen-bond acceptors (Lipinski definition) is 4. The summed E-state index contributed by atoms with van der Waals surface area (Å²) >= 11 is 1.51. The molecule has 1 heterocycles. The standard InChI is InChI=1S/C14H13N3OS/c1-9-7-10(8-13(19-2)14(9)18)17-12-6-4-3-5-11(12)15-16-17/h3-8,18H,1-2H3. The van der Waals surface area contributed by atoms with Crippen molar-refractivity contribution in [3.8, 4) is 11.4 Å². The number of aromatic nitrogens is 3. The van der Waals surface area contributed by atoms with Gasteiger partial charge in [0, 0.05) is 0 Å². The first kappa shape index (κ1) is 12.0.